The fourth-order valence-electron chi connectivity index (χ4n) is 4.73. The molecule has 1 aliphatic heterocycles. The van der Waals surface area contributed by atoms with E-state index in [0.717, 1.165) is 31.3 Å². The number of aromatic nitrogens is 3. The summed E-state index contributed by atoms with van der Waals surface area (Å²) >= 11 is 0. The molecule has 1 aliphatic rings. The summed E-state index contributed by atoms with van der Waals surface area (Å²) in [7, 11) is -1.86. The predicted molar refractivity (Wildman–Crippen MR) is 165 cm³/mol. The normalized spacial score (nSPS) is 15.0. The summed E-state index contributed by atoms with van der Waals surface area (Å²) in [4.78, 5) is 11.2. The molecule has 0 unspecified atom stereocenters. The number of nitrogens with zero attached hydrogens (tertiary/aromatic N) is 4. The lowest BCUT2D eigenvalue weighted by atomic mass is 10.0. The number of sulfonamides is 1. The predicted octanol–water partition coefficient (Wildman–Crippen LogP) is 5.59. The first-order valence-corrected chi connectivity index (χ1v) is 15.0. The number of hydrogen-bond donors (Lipinski definition) is 3. The van der Waals surface area contributed by atoms with E-state index < -0.39 is 20.6 Å². The van der Waals surface area contributed by atoms with Crippen molar-refractivity contribution < 1.29 is 17.2 Å². The highest BCUT2D eigenvalue weighted by Gasteiger charge is 2.30. The second-order valence-electron chi connectivity index (χ2n) is 11.3. The minimum atomic E-state index is -3.83. The zero-order valence-corrected chi connectivity index (χ0v) is 25.6. The molecule has 5 rings (SSSR count). The van der Waals surface area contributed by atoms with Gasteiger partial charge in [0.05, 0.1) is 10.4 Å². The van der Waals surface area contributed by atoms with E-state index in [1.165, 1.54) is 45.0 Å². The summed E-state index contributed by atoms with van der Waals surface area (Å²) in [5.74, 6) is -0.732. The van der Waals surface area contributed by atoms with E-state index in [1.807, 2.05) is 7.05 Å². The Morgan fingerprint density at radius 3 is 2.43 bits per heavy atom. The van der Waals surface area contributed by atoms with E-state index in [1.54, 1.807) is 35.2 Å². The van der Waals surface area contributed by atoms with Gasteiger partial charge in [0.2, 0.25) is 16.0 Å². The SMILES string of the molecule is CNC1CCN(Cc2ccc(Nc3ncc4ccn(-c5ccc(F)c(NS(=O)(=O)C(C)(C)C)c5)c4n3)cc2F)CC1.Cl. The second kappa shape index (κ2) is 12.5. The van der Waals surface area contributed by atoms with Crippen LogP contribution >= 0.6 is 12.4 Å². The zero-order chi connectivity index (χ0) is 29.4. The molecule has 2 aromatic heterocycles. The molecule has 42 heavy (non-hydrogen) atoms. The fraction of sp³-hybridized carbons (Fsp3) is 0.379. The van der Waals surface area contributed by atoms with Gasteiger partial charge in [0, 0.05) is 47.3 Å². The molecule has 0 atom stereocenters. The van der Waals surface area contributed by atoms with Crippen LogP contribution in [0.15, 0.2) is 54.9 Å². The molecule has 2 aromatic carbocycles. The second-order valence-corrected chi connectivity index (χ2v) is 13.7. The van der Waals surface area contributed by atoms with Crippen molar-refractivity contribution >= 4 is 50.8 Å². The maximum absolute atomic E-state index is 15.0. The van der Waals surface area contributed by atoms with Crippen molar-refractivity contribution in [3.8, 4) is 5.69 Å². The minimum absolute atomic E-state index is 0. The molecule has 1 saturated heterocycles. The van der Waals surface area contributed by atoms with E-state index in [9.17, 15) is 17.2 Å². The molecule has 13 heteroatoms. The maximum atomic E-state index is 15.0. The zero-order valence-electron chi connectivity index (χ0n) is 24.0. The first-order valence-electron chi connectivity index (χ1n) is 13.5. The van der Waals surface area contributed by atoms with Crippen LogP contribution in [0.1, 0.15) is 39.2 Å². The van der Waals surface area contributed by atoms with E-state index in [0.29, 0.717) is 35.2 Å². The molecule has 0 bridgehead atoms. The third-order valence-electron chi connectivity index (χ3n) is 7.40. The van der Waals surface area contributed by atoms with Gasteiger partial charge >= 0.3 is 0 Å². The van der Waals surface area contributed by atoms with Gasteiger partial charge in [-0.05, 0) is 90.1 Å². The number of benzene rings is 2. The fourth-order valence-corrected chi connectivity index (χ4v) is 5.48. The van der Waals surface area contributed by atoms with Gasteiger partial charge in [-0.25, -0.2) is 22.2 Å². The van der Waals surface area contributed by atoms with Crippen molar-refractivity contribution in [2.75, 3.05) is 30.2 Å². The van der Waals surface area contributed by atoms with E-state index >= 15 is 0 Å². The summed E-state index contributed by atoms with van der Waals surface area (Å²) in [5, 5.41) is 7.10. The first-order chi connectivity index (χ1) is 19.4. The molecule has 3 N–H and O–H groups in total. The van der Waals surface area contributed by atoms with Crippen LogP contribution in [0, 0.1) is 11.6 Å². The number of piperidine rings is 1. The van der Waals surface area contributed by atoms with Crippen LogP contribution in [0.5, 0.6) is 0 Å². The topological polar surface area (TPSA) is 104 Å². The Kier molecular flexibility index (Phi) is 9.41. The standard InChI is InChI=1S/C29H35F2N7O2S.ClH/c1-29(2,3)41(39,40)36-26-16-23(7-8-24(26)30)38-14-9-19-17-33-28(35-27(19)38)34-22-6-5-20(25(31)15-22)18-37-12-10-21(32-4)11-13-37;/h5-9,14-17,21,32,36H,10-13,18H2,1-4H3,(H,33,34,35);1H. The molecule has 0 saturated carbocycles. The minimum Gasteiger partial charge on any atom is -0.324 e. The van der Waals surface area contributed by atoms with Gasteiger partial charge in [0.1, 0.15) is 17.3 Å². The number of nitrogens with one attached hydrogen (secondary N) is 3. The van der Waals surface area contributed by atoms with Gasteiger partial charge in [-0.1, -0.05) is 6.07 Å². The summed E-state index contributed by atoms with van der Waals surface area (Å²) in [6, 6.07) is 11.5. The molecule has 0 amide bonds. The molecule has 226 valence electrons. The lowest BCUT2D eigenvalue weighted by molar-refractivity contribution is 0.192. The monoisotopic (exact) mass is 619 g/mol. The van der Waals surface area contributed by atoms with Crippen molar-refractivity contribution in [1.82, 2.24) is 24.8 Å². The van der Waals surface area contributed by atoms with Crippen LogP contribution in [0.25, 0.3) is 16.7 Å². The highest BCUT2D eigenvalue weighted by molar-refractivity contribution is 7.94. The van der Waals surface area contributed by atoms with Gasteiger partial charge in [0.15, 0.2) is 0 Å². The molecule has 0 spiro atoms. The van der Waals surface area contributed by atoms with Crippen LogP contribution in [-0.2, 0) is 16.6 Å². The van der Waals surface area contributed by atoms with Gasteiger partial charge in [0.25, 0.3) is 0 Å². The van der Waals surface area contributed by atoms with Gasteiger partial charge in [-0.15, -0.1) is 12.4 Å². The highest BCUT2D eigenvalue weighted by Crippen LogP contribution is 2.27. The van der Waals surface area contributed by atoms with Crippen molar-refractivity contribution in [2.45, 2.75) is 50.9 Å². The summed E-state index contributed by atoms with van der Waals surface area (Å²) in [6.45, 7) is 7.03. The van der Waals surface area contributed by atoms with Crippen LogP contribution in [0.3, 0.4) is 0 Å². The molecule has 4 aromatic rings. The molecule has 1 fully saturated rings. The quantitative estimate of drug-likeness (QED) is 0.236. The average molecular weight is 620 g/mol. The van der Waals surface area contributed by atoms with Crippen LogP contribution in [-0.4, -0.2) is 58.8 Å². The number of halogens is 3. The Morgan fingerprint density at radius 2 is 1.76 bits per heavy atom. The Labute approximate surface area is 251 Å². The number of rotatable bonds is 8. The van der Waals surface area contributed by atoms with Crippen molar-refractivity contribution in [2.24, 2.45) is 0 Å². The van der Waals surface area contributed by atoms with Crippen LogP contribution in [0.2, 0.25) is 0 Å². The van der Waals surface area contributed by atoms with Gasteiger partial charge in [-0.3, -0.25) is 9.62 Å². The number of hydrogen-bond acceptors (Lipinski definition) is 7. The van der Waals surface area contributed by atoms with Crippen LogP contribution < -0.4 is 15.4 Å². The summed E-state index contributed by atoms with van der Waals surface area (Å²) in [5.41, 5.74) is 2.01. The van der Waals surface area contributed by atoms with E-state index in [2.05, 4.69) is 30.2 Å². The highest BCUT2D eigenvalue weighted by atomic mass is 35.5. The van der Waals surface area contributed by atoms with E-state index in [4.69, 9.17) is 0 Å². The molecule has 9 nitrogen and oxygen atoms in total. The maximum Gasteiger partial charge on any atom is 0.237 e. The van der Waals surface area contributed by atoms with Gasteiger partial charge < -0.3 is 15.2 Å². The molecular formula is C29H36ClF2N7O2S. The molecule has 0 aliphatic carbocycles. The van der Waals surface area contributed by atoms with Crippen molar-refractivity contribution in [3.05, 3.63) is 72.1 Å². The molecule has 0 radical (unpaired) electrons. The number of anilines is 3. The van der Waals surface area contributed by atoms with Crippen molar-refractivity contribution in [3.63, 3.8) is 0 Å². The lowest BCUT2D eigenvalue weighted by Gasteiger charge is -2.31. The van der Waals surface area contributed by atoms with Crippen molar-refractivity contribution in [1.29, 1.82) is 0 Å². The number of likely N-dealkylation sites (tertiary alicyclic amines) is 1. The Morgan fingerprint density at radius 1 is 1.02 bits per heavy atom. The Bertz CT molecular complexity index is 1670. The number of fused-ring (bicyclic) bond motifs is 1. The first kappa shape index (κ1) is 31.6. The Balaban J connectivity index is 0.00000405. The van der Waals surface area contributed by atoms with E-state index in [-0.39, 0.29) is 29.9 Å². The lowest BCUT2D eigenvalue weighted by Crippen LogP contribution is -2.40. The molecule has 3 heterocycles. The largest absolute Gasteiger partial charge is 0.324 e. The third-order valence-corrected chi connectivity index (χ3v) is 9.51. The van der Waals surface area contributed by atoms with Gasteiger partial charge in [-0.2, -0.15) is 4.98 Å². The Hall–Kier alpha value is -3.32. The third kappa shape index (κ3) is 6.83. The van der Waals surface area contributed by atoms with Crippen LogP contribution in [0.4, 0.5) is 26.1 Å². The molecular weight excluding hydrogens is 584 g/mol. The average Bonchev–Trinajstić information content (AvgIpc) is 3.34. The smallest absolute Gasteiger partial charge is 0.237 e. The summed E-state index contributed by atoms with van der Waals surface area (Å²) < 4.78 is 57.8. The summed E-state index contributed by atoms with van der Waals surface area (Å²) in [6.07, 6.45) is 5.47.